The highest BCUT2D eigenvalue weighted by Crippen LogP contribution is 2.41. The molecule has 0 bridgehead atoms. The molecule has 0 saturated carbocycles. The summed E-state index contributed by atoms with van der Waals surface area (Å²) < 4.78 is 1.02. The number of hydrogen-bond acceptors (Lipinski definition) is 3. The average molecular weight is 448 g/mol. The molecule has 3 rings (SSSR count). The van der Waals surface area contributed by atoms with Crippen LogP contribution in [-0.4, -0.2) is 23.4 Å². The van der Waals surface area contributed by atoms with Crippen LogP contribution in [0, 0.1) is 0 Å². The zero-order valence-electron chi connectivity index (χ0n) is 15.4. The minimum atomic E-state index is 0.0474. The quantitative estimate of drug-likeness (QED) is 0.500. The lowest BCUT2D eigenvalue weighted by molar-refractivity contribution is -0.115. The number of carbonyl (C=O) groups excluding carboxylic acids is 1. The van der Waals surface area contributed by atoms with Crippen molar-refractivity contribution in [3.05, 3.63) is 64.1 Å². The lowest BCUT2D eigenvalue weighted by Crippen LogP contribution is -2.27. The second-order valence-electron chi connectivity index (χ2n) is 6.89. The molecule has 1 amide bonds. The highest BCUT2D eigenvalue weighted by Gasteiger charge is 2.33. The van der Waals surface area contributed by atoms with Crippen LogP contribution in [0.1, 0.15) is 48.6 Å². The fourth-order valence-corrected chi connectivity index (χ4v) is 4.81. The molecule has 1 atom stereocenters. The number of hydrogen-bond donors (Lipinski definition) is 1. The lowest BCUT2D eigenvalue weighted by Gasteiger charge is -2.24. The first-order valence-corrected chi connectivity index (χ1v) is 11.4. The normalized spacial score (nSPS) is 16.9. The Morgan fingerprint density at radius 1 is 0.963 bits per heavy atom. The molecule has 5 heteroatoms. The number of amides is 1. The van der Waals surface area contributed by atoms with Crippen LogP contribution in [0.15, 0.2) is 53.0 Å². The van der Waals surface area contributed by atoms with Crippen molar-refractivity contribution in [3.8, 4) is 0 Å². The summed E-state index contributed by atoms with van der Waals surface area (Å²) in [5, 5.41) is 8.86. The van der Waals surface area contributed by atoms with Gasteiger partial charge in [0.1, 0.15) is 5.37 Å². The van der Waals surface area contributed by atoms with Gasteiger partial charge in [-0.3, -0.25) is 9.69 Å². The van der Waals surface area contributed by atoms with Gasteiger partial charge < -0.3 is 5.11 Å². The molecule has 2 aromatic carbocycles. The summed E-state index contributed by atoms with van der Waals surface area (Å²) in [6.45, 7) is 0.306. The summed E-state index contributed by atoms with van der Waals surface area (Å²) in [6.07, 6.45) is 6.72. The van der Waals surface area contributed by atoms with E-state index in [2.05, 4.69) is 40.2 Å². The summed E-state index contributed by atoms with van der Waals surface area (Å²) in [5.41, 5.74) is 3.48. The first-order chi connectivity index (χ1) is 13.2. The van der Waals surface area contributed by atoms with E-state index in [0.717, 1.165) is 29.4 Å². The maximum Gasteiger partial charge on any atom is 0.238 e. The van der Waals surface area contributed by atoms with E-state index >= 15 is 0 Å². The predicted octanol–water partition coefficient (Wildman–Crippen LogP) is 5.71. The highest BCUT2D eigenvalue weighted by molar-refractivity contribution is 9.10. The number of aryl methyl sites for hydroxylation is 1. The van der Waals surface area contributed by atoms with Gasteiger partial charge in [0.25, 0.3) is 0 Å². The van der Waals surface area contributed by atoms with Gasteiger partial charge in [-0.25, -0.2) is 0 Å². The number of rotatable bonds is 9. The number of aliphatic hydroxyl groups excluding tert-OH is 1. The number of benzene rings is 2. The smallest absolute Gasteiger partial charge is 0.238 e. The van der Waals surface area contributed by atoms with E-state index in [1.54, 1.807) is 11.8 Å². The number of carbonyl (C=O) groups is 1. The molecule has 0 spiro atoms. The van der Waals surface area contributed by atoms with E-state index in [1.165, 1.54) is 30.4 Å². The molecule has 1 aliphatic rings. The molecule has 1 heterocycles. The van der Waals surface area contributed by atoms with Crippen LogP contribution < -0.4 is 4.90 Å². The number of nitrogens with zero attached hydrogens (tertiary/aromatic N) is 1. The first kappa shape index (κ1) is 20.4. The van der Waals surface area contributed by atoms with Crippen molar-refractivity contribution in [1.29, 1.82) is 0 Å². The number of unbranched alkanes of at least 4 members (excludes halogenated alkanes) is 4. The molecular weight excluding hydrogens is 422 g/mol. The first-order valence-electron chi connectivity index (χ1n) is 9.58. The van der Waals surface area contributed by atoms with Crippen LogP contribution in [0.25, 0.3) is 0 Å². The van der Waals surface area contributed by atoms with Crippen LogP contribution in [0.5, 0.6) is 0 Å². The topological polar surface area (TPSA) is 40.5 Å². The number of anilines is 1. The summed E-state index contributed by atoms with van der Waals surface area (Å²) in [6, 6.07) is 16.7. The van der Waals surface area contributed by atoms with Gasteiger partial charge in [-0.15, -0.1) is 11.8 Å². The second kappa shape index (κ2) is 10.3. The van der Waals surface area contributed by atoms with Crippen molar-refractivity contribution in [2.24, 2.45) is 0 Å². The molecule has 0 aromatic heterocycles. The van der Waals surface area contributed by atoms with Gasteiger partial charge in [-0.05, 0) is 54.7 Å². The molecule has 1 fully saturated rings. The SMILES string of the molecule is O=C1CS[C@@H](c2ccc(CCCCCCCO)cc2)N1c1ccc(Br)cc1. The molecule has 0 unspecified atom stereocenters. The molecule has 1 aliphatic heterocycles. The minimum Gasteiger partial charge on any atom is -0.396 e. The molecule has 0 radical (unpaired) electrons. The Morgan fingerprint density at radius 3 is 2.33 bits per heavy atom. The summed E-state index contributed by atoms with van der Waals surface area (Å²) in [7, 11) is 0. The van der Waals surface area contributed by atoms with Crippen LogP contribution in [0.4, 0.5) is 5.69 Å². The molecule has 3 nitrogen and oxygen atoms in total. The monoisotopic (exact) mass is 447 g/mol. The second-order valence-corrected chi connectivity index (χ2v) is 8.87. The van der Waals surface area contributed by atoms with Crippen molar-refractivity contribution in [2.75, 3.05) is 17.3 Å². The molecule has 2 aromatic rings. The van der Waals surface area contributed by atoms with Crippen LogP contribution in [0.3, 0.4) is 0 Å². The van der Waals surface area contributed by atoms with E-state index in [0.29, 0.717) is 12.4 Å². The Morgan fingerprint density at radius 2 is 1.63 bits per heavy atom. The third kappa shape index (κ3) is 5.59. The van der Waals surface area contributed by atoms with E-state index in [1.807, 2.05) is 29.2 Å². The maximum atomic E-state index is 12.4. The van der Waals surface area contributed by atoms with Gasteiger partial charge in [0.15, 0.2) is 0 Å². The van der Waals surface area contributed by atoms with E-state index in [9.17, 15) is 4.79 Å². The van der Waals surface area contributed by atoms with Crippen molar-refractivity contribution >= 4 is 39.3 Å². The van der Waals surface area contributed by atoms with Gasteiger partial charge >= 0.3 is 0 Å². The van der Waals surface area contributed by atoms with Gasteiger partial charge in [0.05, 0.1) is 5.75 Å². The van der Waals surface area contributed by atoms with Crippen LogP contribution >= 0.6 is 27.7 Å². The molecule has 144 valence electrons. The van der Waals surface area contributed by atoms with Crippen molar-refractivity contribution in [3.63, 3.8) is 0 Å². The molecule has 1 N–H and O–H groups in total. The third-order valence-corrected chi connectivity index (χ3v) is 6.60. The molecule has 0 aliphatic carbocycles. The minimum absolute atomic E-state index is 0.0474. The van der Waals surface area contributed by atoms with Gasteiger partial charge in [0, 0.05) is 16.8 Å². The van der Waals surface area contributed by atoms with E-state index in [4.69, 9.17) is 5.11 Å². The Bertz CT molecular complexity index is 733. The molecule has 1 saturated heterocycles. The fraction of sp³-hybridized carbons (Fsp3) is 0.409. The average Bonchev–Trinajstić information content (AvgIpc) is 3.07. The standard InChI is InChI=1S/C22H26BrNO2S/c23-19-11-13-20(14-12-19)24-21(26)16-27-22(24)18-9-7-17(8-10-18)6-4-2-1-3-5-15-25/h7-14,22,25H,1-6,15-16H2/t22-/m0/s1. The number of halogens is 1. The zero-order chi connectivity index (χ0) is 19.1. The summed E-state index contributed by atoms with van der Waals surface area (Å²) in [4.78, 5) is 14.3. The largest absolute Gasteiger partial charge is 0.396 e. The number of aliphatic hydroxyl groups is 1. The summed E-state index contributed by atoms with van der Waals surface area (Å²) >= 11 is 5.15. The maximum absolute atomic E-state index is 12.4. The zero-order valence-corrected chi connectivity index (χ0v) is 17.8. The number of thioether (sulfide) groups is 1. The van der Waals surface area contributed by atoms with Crippen molar-refractivity contribution in [1.82, 2.24) is 0 Å². The lowest BCUT2D eigenvalue weighted by atomic mass is 10.0. The predicted molar refractivity (Wildman–Crippen MR) is 117 cm³/mol. The Kier molecular flexibility index (Phi) is 7.80. The van der Waals surface area contributed by atoms with Crippen molar-refractivity contribution < 1.29 is 9.90 Å². The Hall–Kier alpha value is -1.30. The van der Waals surface area contributed by atoms with Crippen LogP contribution in [0.2, 0.25) is 0 Å². The molecule has 27 heavy (non-hydrogen) atoms. The third-order valence-electron chi connectivity index (χ3n) is 4.86. The van der Waals surface area contributed by atoms with Crippen LogP contribution in [-0.2, 0) is 11.2 Å². The van der Waals surface area contributed by atoms with Crippen molar-refractivity contribution in [2.45, 2.75) is 43.9 Å². The van der Waals surface area contributed by atoms with E-state index in [-0.39, 0.29) is 11.3 Å². The highest BCUT2D eigenvalue weighted by atomic mass is 79.9. The Balaban J connectivity index is 1.60. The summed E-state index contributed by atoms with van der Waals surface area (Å²) in [5.74, 6) is 0.690. The fourth-order valence-electron chi connectivity index (χ4n) is 3.37. The van der Waals surface area contributed by atoms with Gasteiger partial charge in [-0.2, -0.15) is 0 Å². The van der Waals surface area contributed by atoms with E-state index < -0.39 is 0 Å². The van der Waals surface area contributed by atoms with Gasteiger partial charge in [0.2, 0.25) is 5.91 Å². The molecular formula is C22H26BrNO2S. The Labute approximate surface area is 174 Å². The van der Waals surface area contributed by atoms with Gasteiger partial charge in [-0.1, -0.05) is 59.5 Å².